The Morgan fingerprint density at radius 2 is 2.20 bits per heavy atom. The molecule has 0 unspecified atom stereocenters. The van der Waals surface area contributed by atoms with Gasteiger partial charge in [0, 0.05) is 25.4 Å². The lowest BCUT2D eigenvalue weighted by Gasteiger charge is -2.06. The second-order valence-corrected chi connectivity index (χ2v) is 4.15. The Morgan fingerprint density at radius 1 is 1.40 bits per heavy atom. The van der Waals surface area contributed by atoms with E-state index < -0.39 is 0 Å². The van der Waals surface area contributed by atoms with Crippen molar-refractivity contribution in [2.24, 2.45) is 5.73 Å². The van der Waals surface area contributed by atoms with Gasteiger partial charge in [0.05, 0.1) is 18.4 Å². The summed E-state index contributed by atoms with van der Waals surface area (Å²) in [5.41, 5.74) is 6.02. The average Bonchev–Trinajstić information content (AvgIpc) is 2.90. The fraction of sp³-hybridized carbons (Fsp3) is 0.333. The van der Waals surface area contributed by atoms with Gasteiger partial charge in [0.15, 0.2) is 5.69 Å². The van der Waals surface area contributed by atoms with E-state index in [1.807, 2.05) is 6.92 Å². The number of aryl methyl sites for hydroxylation is 1. The predicted molar refractivity (Wildman–Crippen MR) is 73.4 cm³/mol. The third-order valence-electron chi connectivity index (χ3n) is 2.71. The van der Waals surface area contributed by atoms with Crippen LogP contribution in [0.3, 0.4) is 0 Å². The molecular weight excluding hydrogens is 260 g/mol. The van der Waals surface area contributed by atoms with Gasteiger partial charge in [0.25, 0.3) is 11.5 Å². The average molecular weight is 276 g/mol. The van der Waals surface area contributed by atoms with Crippen molar-refractivity contribution in [3.05, 3.63) is 40.6 Å². The van der Waals surface area contributed by atoms with Crippen molar-refractivity contribution in [2.75, 3.05) is 11.9 Å². The molecule has 0 bridgehead atoms. The Kier molecular flexibility index (Phi) is 4.26. The molecule has 0 fully saturated rings. The third-order valence-corrected chi connectivity index (χ3v) is 2.71. The number of hydrogen-bond donors (Lipinski definition) is 2. The van der Waals surface area contributed by atoms with Crippen molar-refractivity contribution >= 4 is 11.6 Å². The highest BCUT2D eigenvalue weighted by atomic mass is 16.2. The number of aromatic nitrogens is 4. The summed E-state index contributed by atoms with van der Waals surface area (Å²) in [4.78, 5) is 23.4. The minimum atomic E-state index is -0.380. The number of pyridine rings is 1. The molecule has 2 aromatic heterocycles. The fourth-order valence-corrected chi connectivity index (χ4v) is 1.69. The number of nitrogens with two attached hydrogens (primary N) is 1. The summed E-state index contributed by atoms with van der Waals surface area (Å²) < 4.78 is 3.00. The number of carbonyl (C=O) groups is 1. The summed E-state index contributed by atoms with van der Waals surface area (Å²) in [6.07, 6.45) is 3.11. The third kappa shape index (κ3) is 3.09. The van der Waals surface area contributed by atoms with E-state index in [1.54, 1.807) is 12.3 Å². The first kappa shape index (κ1) is 13.9. The lowest BCUT2D eigenvalue weighted by Crippen LogP contribution is -2.20. The summed E-state index contributed by atoms with van der Waals surface area (Å²) in [5, 5.41) is 10.2. The molecule has 2 rings (SSSR count). The highest BCUT2D eigenvalue weighted by molar-refractivity contribution is 6.02. The van der Waals surface area contributed by atoms with Crippen LogP contribution in [0.5, 0.6) is 0 Å². The lowest BCUT2D eigenvalue weighted by molar-refractivity contribution is 0.102. The van der Waals surface area contributed by atoms with E-state index in [-0.39, 0.29) is 17.2 Å². The molecule has 0 aromatic carbocycles. The van der Waals surface area contributed by atoms with Crippen molar-refractivity contribution in [1.82, 2.24) is 19.6 Å². The zero-order chi connectivity index (χ0) is 14.5. The second-order valence-electron chi connectivity index (χ2n) is 4.15. The van der Waals surface area contributed by atoms with Gasteiger partial charge >= 0.3 is 0 Å². The van der Waals surface area contributed by atoms with Crippen molar-refractivity contribution < 1.29 is 4.79 Å². The molecule has 2 aromatic rings. The molecule has 3 N–H and O–H groups in total. The molecule has 0 radical (unpaired) electrons. The van der Waals surface area contributed by atoms with Crippen LogP contribution in [0.15, 0.2) is 29.3 Å². The Morgan fingerprint density at radius 3 is 2.90 bits per heavy atom. The SMILES string of the molecule is CCn1cc(NC(=O)c2cn(CCN)nn2)ccc1=O. The minimum absolute atomic E-state index is 0.112. The van der Waals surface area contributed by atoms with Gasteiger partial charge in [-0.2, -0.15) is 0 Å². The van der Waals surface area contributed by atoms with Crippen molar-refractivity contribution in [1.29, 1.82) is 0 Å². The van der Waals surface area contributed by atoms with E-state index in [2.05, 4.69) is 15.6 Å². The highest BCUT2D eigenvalue weighted by Gasteiger charge is 2.11. The summed E-state index contributed by atoms with van der Waals surface area (Å²) in [5.74, 6) is -0.380. The quantitative estimate of drug-likeness (QED) is 0.777. The van der Waals surface area contributed by atoms with Crippen molar-refractivity contribution in [3.63, 3.8) is 0 Å². The zero-order valence-electron chi connectivity index (χ0n) is 11.1. The van der Waals surface area contributed by atoms with Gasteiger partial charge in [-0.25, -0.2) is 0 Å². The summed E-state index contributed by atoms with van der Waals surface area (Å²) in [6.45, 7) is 3.31. The second kappa shape index (κ2) is 6.11. The fourth-order valence-electron chi connectivity index (χ4n) is 1.69. The molecule has 20 heavy (non-hydrogen) atoms. The van der Waals surface area contributed by atoms with Gasteiger partial charge in [0.2, 0.25) is 0 Å². The maximum atomic E-state index is 12.0. The molecule has 8 nitrogen and oxygen atoms in total. The molecule has 2 heterocycles. The topological polar surface area (TPSA) is 108 Å². The number of carbonyl (C=O) groups excluding carboxylic acids is 1. The van der Waals surface area contributed by atoms with Gasteiger partial charge in [-0.15, -0.1) is 5.10 Å². The normalized spacial score (nSPS) is 10.5. The smallest absolute Gasteiger partial charge is 0.277 e. The summed E-state index contributed by atoms with van der Waals surface area (Å²) in [6, 6.07) is 2.96. The van der Waals surface area contributed by atoms with Gasteiger partial charge in [-0.1, -0.05) is 5.21 Å². The van der Waals surface area contributed by atoms with Crippen LogP contribution < -0.4 is 16.6 Å². The molecule has 8 heteroatoms. The summed E-state index contributed by atoms with van der Waals surface area (Å²) in [7, 11) is 0. The molecule has 0 atom stereocenters. The zero-order valence-corrected chi connectivity index (χ0v) is 11.1. The van der Waals surface area contributed by atoms with Gasteiger partial charge in [-0.05, 0) is 13.0 Å². The number of nitrogens with one attached hydrogen (secondary N) is 1. The molecule has 0 aliphatic heterocycles. The molecule has 0 aliphatic carbocycles. The molecule has 0 saturated heterocycles. The maximum Gasteiger partial charge on any atom is 0.277 e. The minimum Gasteiger partial charge on any atom is -0.329 e. The first-order chi connectivity index (χ1) is 9.63. The molecule has 0 saturated carbocycles. The van der Waals surface area contributed by atoms with E-state index >= 15 is 0 Å². The highest BCUT2D eigenvalue weighted by Crippen LogP contribution is 2.05. The number of rotatable bonds is 5. The Balaban J connectivity index is 2.12. The first-order valence-corrected chi connectivity index (χ1v) is 6.26. The van der Waals surface area contributed by atoms with Crippen LogP contribution in [-0.2, 0) is 13.1 Å². The molecule has 1 amide bonds. The Bertz CT molecular complexity index is 660. The maximum absolute atomic E-state index is 12.0. The van der Waals surface area contributed by atoms with Crippen molar-refractivity contribution in [2.45, 2.75) is 20.0 Å². The van der Waals surface area contributed by atoms with Crippen LogP contribution in [0.25, 0.3) is 0 Å². The molecule has 106 valence electrons. The Hall–Kier alpha value is -2.48. The first-order valence-electron chi connectivity index (χ1n) is 6.26. The van der Waals surface area contributed by atoms with Gasteiger partial charge < -0.3 is 15.6 Å². The predicted octanol–water partition coefficient (Wildman–Crippen LogP) is -0.329. The van der Waals surface area contributed by atoms with Crippen LogP contribution in [0.1, 0.15) is 17.4 Å². The molecular formula is C12H16N6O2. The number of amides is 1. The van der Waals surface area contributed by atoms with Gasteiger partial charge in [0.1, 0.15) is 0 Å². The standard InChI is InChI=1S/C12H16N6O2/c1-2-17-7-9(3-4-11(17)19)14-12(20)10-8-18(6-5-13)16-15-10/h3-4,7-8H,2,5-6,13H2,1H3,(H,14,20). The monoisotopic (exact) mass is 276 g/mol. The van der Waals surface area contributed by atoms with E-state index in [1.165, 1.54) is 21.5 Å². The van der Waals surface area contributed by atoms with Gasteiger partial charge in [-0.3, -0.25) is 14.3 Å². The molecule has 0 aliphatic rings. The number of hydrogen-bond acceptors (Lipinski definition) is 5. The van der Waals surface area contributed by atoms with Crippen LogP contribution in [0, 0.1) is 0 Å². The number of anilines is 1. The lowest BCUT2D eigenvalue weighted by atomic mass is 10.3. The molecule has 0 spiro atoms. The van der Waals surface area contributed by atoms with Crippen LogP contribution in [0.2, 0.25) is 0 Å². The van der Waals surface area contributed by atoms with E-state index in [9.17, 15) is 9.59 Å². The summed E-state index contributed by atoms with van der Waals surface area (Å²) >= 11 is 0. The van der Waals surface area contributed by atoms with E-state index in [0.717, 1.165) is 0 Å². The van der Waals surface area contributed by atoms with Crippen molar-refractivity contribution in [3.8, 4) is 0 Å². The number of nitrogens with zero attached hydrogens (tertiary/aromatic N) is 4. The van der Waals surface area contributed by atoms with E-state index in [0.29, 0.717) is 25.3 Å². The Labute approximate surface area is 115 Å². The van der Waals surface area contributed by atoms with E-state index in [4.69, 9.17) is 5.73 Å². The van der Waals surface area contributed by atoms with Crippen LogP contribution >= 0.6 is 0 Å². The van der Waals surface area contributed by atoms with Crippen LogP contribution in [0.4, 0.5) is 5.69 Å². The van der Waals surface area contributed by atoms with Crippen LogP contribution in [-0.4, -0.2) is 32.0 Å². The largest absolute Gasteiger partial charge is 0.329 e.